The Morgan fingerprint density at radius 1 is 0.446 bits per heavy atom. The third-order valence-corrected chi connectivity index (χ3v) is 66.4. The maximum absolute atomic E-state index is 9.17. The van der Waals surface area contributed by atoms with E-state index in [1.54, 1.807) is 11.1 Å². The Bertz CT molecular complexity index is 2370. The van der Waals surface area contributed by atoms with E-state index in [0.29, 0.717) is 11.8 Å². The summed E-state index contributed by atoms with van der Waals surface area (Å²) in [6, 6.07) is 45.6. The monoisotopic (exact) mass is 865 g/mol. The van der Waals surface area contributed by atoms with Gasteiger partial charge >= 0.3 is 346 Å². The van der Waals surface area contributed by atoms with Crippen LogP contribution in [0.5, 0.6) is 0 Å². The van der Waals surface area contributed by atoms with E-state index in [9.17, 15) is 0 Å². The van der Waals surface area contributed by atoms with Gasteiger partial charge in [0.15, 0.2) is 0 Å². The van der Waals surface area contributed by atoms with Gasteiger partial charge in [0, 0.05) is 0 Å². The van der Waals surface area contributed by atoms with Crippen molar-refractivity contribution in [2.45, 2.75) is 84.6 Å². The second-order valence-corrected chi connectivity index (χ2v) is 60.4. The Hall–Kier alpha value is -3.00. The summed E-state index contributed by atoms with van der Waals surface area (Å²) < 4.78 is 0.229. The van der Waals surface area contributed by atoms with Gasteiger partial charge in [-0.3, -0.25) is 0 Å². The SMILES string of the molecule is C[SiH](C)[Zr]([Cl])([Cl])([CH]1C(C2CCCCC2)=Cc2c(-c3cccc4ccccc34)cccc21)[CH]1C(C2CCCCC2)=Cc2c(-c3cccc4ccccc34)cccc21. The molecule has 2 unspecified atom stereocenters. The van der Waals surface area contributed by atoms with Crippen LogP contribution in [0.15, 0.2) is 132 Å². The van der Waals surface area contributed by atoms with Crippen molar-refractivity contribution in [2.24, 2.45) is 11.8 Å². The molecule has 0 heterocycles. The van der Waals surface area contributed by atoms with Crippen LogP contribution in [0.3, 0.4) is 0 Å². The van der Waals surface area contributed by atoms with Gasteiger partial charge in [-0.2, -0.15) is 0 Å². The molecule has 0 spiro atoms. The topological polar surface area (TPSA) is 0 Å². The normalized spacial score (nSPS) is 21.1. The van der Waals surface area contributed by atoms with Crippen molar-refractivity contribution in [3.8, 4) is 22.3 Å². The summed E-state index contributed by atoms with van der Waals surface area (Å²) in [5.74, 6) is -0.661. The summed E-state index contributed by atoms with van der Waals surface area (Å²) in [4.78, 5) is 0. The fourth-order valence-corrected chi connectivity index (χ4v) is 42.9. The summed E-state index contributed by atoms with van der Waals surface area (Å²) in [5.41, 5.74) is 14.1. The first-order valence-corrected chi connectivity index (χ1v) is 37.9. The van der Waals surface area contributed by atoms with E-state index in [4.69, 9.17) is 17.0 Å². The van der Waals surface area contributed by atoms with Gasteiger partial charge in [-0.1, -0.05) is 0 Å². The molecule has 0 nitrogen and oxygen atoms in total. The van der Waals surface area contributed by atoms with Crippen LogP contribution in [-0.2, 0) is 15.6 Å². The summed E-state index contributed by atoms with van der Waals surface area (Å²) >= 11 is -5.06. The molecule has 0 saturated heterocycles. The second kappa shape index (κ2) is 14.7. The summed E-state index contributed by atoms with van der Waals surface area (Å²) in [5, 5.41) is 5.20. The van der Waals surface area contributed by atoms with Crippen molar-refractivity contribution >= 4 is 56.6 Å². The quantitative estimate of drug-likeness (QED) is 0.140. The molecule has 4 aliphatic rings. The van der Waals surface area contributed by atoms with Crippen molar-refractivity contribution in [1.29, 1.82) is 0 Å². The molecule has 0 aliphatic heterocycles. The molecule has 283 valence electrons. The summed E-state index contributed by atoms with van der Waals surface area (Å²) in [6.45, 7) is 5.09. The predicted molar refractivity (Wildman–Crippen MR) is 244 cm³/mol. The van der Waals surface area contributed by atoms with E-state index in [-0.39, 0.29) is 7.25 Å². The Balaban J connectivity index is 1.22. The van der Waals surface area contributed by atoms with Crippen LogP contribution < -0.4 is 0 Å². The van der Waals surface area contributed by atoms with Gasteiger partial charge in [0.25, 0.3) is 0 Å². The average Bonchev–Trinajstić information content (AvgIpc) is 3.85. The van der Waals surface area contributed by atoms with Crippen molar-refractivity contribution in [3.63, 3.8) is 0 Å². The molecule has 6 aromatic rings. The van der Waals surface area contributed by atoms with E-state index in [1.165, 1.54) is 130 Å². The van der Waals surface area contributed by atoms with Gasteiger partial charge in [0.1, 0.15) is 0 Å². The Kier molecular flexibility index (Phi) is 9.77. The molecule has 0 bridgehead atoms. The van der Waals surface area contributed by atoms with Crippen molar-refractivity contribution in [1.82, 2.24) is 0 Å². The van der Waals surface area contributed by atoms with Crippen LogP contribution in [0.25, 0.3) is 56.0 Å². The van der Waals surface area contributed by atoms with Crippen LogP contribution in [0.4, 0.5) is 0 Å². The van der Waals surface area contributed by atoms with Crippen LogP contribution in [0.1, 0.15) is 93.7 Å². The van der Waals surface area contributed by atoms with E-state index >= 15 is 0 Å². The van der Waals surface area contributed by atoms with Crippen LogP contribution >= 0.6 is 17.0 Å². The molecule has 56 heavy (non-hydrogen) atoms. The molecule has 0 N–H and O–H groups in total. The number of benzene rings is 6. The molecule has 2 atom stereocenters. The molecule has 0 aromatic heterocycles. The fourth-order valence-electron chi connectivity index (χ4n) is 11.9. The molecular weight excluding hydrogens is 815 g/mol. The molecule has 10 rings (SSSR count). The standard InChI is InChI=1S/2C25H23.C2H7Si.2ClH.Zr/c2*1-2-8-18(9-3-1)21-16-20-12-7-15-24(25(20)17-21)23-14-6-11-19-10-4-5-13-22(19)23;1-3-2;;;/h2*4-7,10-18H,1-3,8-9H2;3H,1-2H3;2*1H;/q;;;;;+2/p-2. The number of halogens is 2. The van der Waals surface area contributed by atoms with Gasteiger partial charge in [-0.25, -0.2) is 0 Å². The number of allylic oxidation sites excluding steroid dienone is 2. The molecule has 4 heteroatoms. The van der Waals surface area contributed by atoms with Crippen molar-refractivity contribution in [2.75, 3.05) is 0 Å². The number of fused-ring (bicyclic) bond motifs is 4. The Labute approximate surface area is 342 Å². The minimum atomic E-state index is -5.06. The number of hydrogen-bond donors (Lipinski definition) is 0. The maximum atomic E-state index is 9.17. The Morgan fingerprint density at radius 2 is 0.821 bits per heavy atom. The summed E-state index contributed by atoms with van der Waals surface area (Å²) in [7, 11) is 18.3. The summed E-state index contributed by atoms with van der Waals surface area (Å²) in [6.07, 6.45) is 18.1. The Morgan fingerprint density at radius 3 is 1.25 bits per heavy atom. The van der Waals surface area contributed by atoms with Gasteiger partial charge in [0.05, 0.1) is 0 Å². The van der Waals surface area contributed by atoms with Crippen molar-refractivity contribution < 1.29 is 15.6 Å². The zero-order valence-corrected chi connectivity index (χ0v) is 38.0. The first-order chi connectivity index (χ1) is 27.3. The number of rotatable bonds is 7. The second-order valence-electron chi connectivity index (χ2n) is 17.9. The van der Waals surface area contributed by atoms with E-state index < -0.39 is 21.5 Å². The molecule has 0 radical (unpaired) electrons. The van der Waals surface area contributed by atoms with E-state index in [1.807, 2.05) is 0 Å². The molecule has 6 aromatic carbocycles. The van der Waals surface area contributed by atoms with Crippen LogP contribution in [0, 0.1) is 11.8 Å². The molecule has 0 amide bonds. The van der Waals surface area contributed by atoms with Gasteiger partial charge in [0.2, 0.25) is 0 Å². The zero-order valence-electron chi connectivity index (χ0n) is 32.9. The van der Waals surface area contributed by atoms with E-state index in [0.717, 1.165) is 0 Å². The third kappa shape index (κ3) is 5.90. The van der Waals surface area contributed by atoms with Gasteiger partial charge < -0.3 is 0 Å². The molecule has 4 aliphatic carbocycles. The zero-order chi connectivity index (χ0) is 38.0. The molecular formula is C52H53Cl2SiZr. The first-order valence-electron chi connectivity index (χ1n) is 21.5. The predicted octanol–water partition coefficient (Wildman–Crippen LogP) is 16.0. The molecule has 2 fully saturated rings. The first kappa shape index (κ1) is 37.3. The van der Waals surface area contributed by atoms with Crippen LogP contribution in [0.2, 0.25) is 13.1 Å². The number of hydrogen-bond acceptors (Lipinski definition) is 0. The van der Waals surface area contributed by atoms with Crippen LogP contribution in [-0.4, -0.2) is 5.92 Å². The van der Waals surface area contributed by atoms with Gasteiger partial charge in [-0.15, -0.1) is 0 Å². The van der Waals surface area contributed by atoms with E-state index in [2.05, 4.69) is 147 Å². The average molecular weight is 868 g/mol. The van der Waals surface area contributed by atoms with Crippen molar-refractivity contribution in [3.05, 3.63) is 155 Å². The minimum absolute atomic E-state index is 0.114. The third-order valence-electron chi connectivity index (χ3n) is 14.7. The fraction of sp³-hybridized carbons (Fsp3) is 0.308. The molecule has 2 saturated carbocycles. The van der Waals surface area contributed by atoms with Gasteiger partial charge in [-0.05, 0) is 0 Å².